The number of aromatic nitrogens is 3. The number of pyridine rings is 1. The summed E-state index contributed by atoms with van der Waals surface area (Å²) in [6, 6.07) is 81.0. The van der Waals surface area contributed by atoms with E-state index in [0.717, 1.165) is 50.5 Å². The highest BCUT2D eigenvalue weighted by Gasteiger charge is 2.22. The number of benzene rings is 9. The maximum absolute atomic E-state index is 5.50. The Kier molecular flexibility index (Phi) is 7.85. The van der Waals surface area contributed by atoms with Gasteiger partial charge in [-0.25, -0.2) is 4.98 Å². The zero-order valence-electron chi connectivity index (χ0n) is 32.7. The molecule has 0 spiro atoms. The van der Waals surface area contributed by atoms with Crippen LogP contribution in [0.4, 0.5) is 0 Å². The highest BCUT2D eigenvalue weighted by atomic mass is 15.1. The molecule has 0 radical (unpaired) electrons. The molecule has 280 valence electrons. The van der Waals surface area contributed by atoms with Crippen LogP contribution in [0, 0.1) is 0 Å². The van der Waals surface area contributed by atoms with Crippen LogP contribution in [0.2, 0.25) is 0 Å². The Hall–Kier alpha value is -8.01. The minimum atomic E-state index is 0.884. The molecule has 3 aromatic heterocycles. The van der Waals surface area contributed by atoms with Crippen molar-refractivity contribution in [2.75, 3.05) is 0 Å². The number of hydrogen-bond donors (Lipinski definition) is 0. The predicted molar refractivity (Wildman–Crippen MR) is 252 cm³/mol. The van der Waals surface area contributed by atoms with Gasteiger partial charge in [0.05, 0.1) is 27.8 Å². The first-order valence-electron chi connectivity index (χ1n) is 20.5. The largest absolute Gasteiger partial charge is 0.309 e. The zero-order valence-corrected chi connectivity index (χ0v) is 32.7. The maximum atomic E-state index is 5.50. The summed E-state index contributed by atoms with van der Waals surface area (Å²) in [7, 11) is 0. The highest BCUT2D eigenvalue weighted by Crippen LogP contribution is 2.45. The van der Waals surface area contributed by atoms with Gasteiger partial charge in [0.1, 0.15) is 5.82 Å². The Morgan fingerprint density at radius 1 is 0.300 bits per heavy atom. The van der Waals surface area contributed by atoms with Crippen LogP contribution in [0.25, 0.3) is 111 Å². The van der Waals surface area contributed by atoms with Crippen molar-refractivity contribution in [1.29, 1.82) is 0 Å². The molecule has 0 saturated carbocycles. The predicted octanol–water partition coefficient (Wildman–Crippen LogP) is 15.1. The van der Waals surface area contributed by atoms with E-state index in [9.17, 15) is 0 Å². The lowest BCUT2D eigenvalue weighted by Crippen LogP contribution is -2.01. The summed E-state index contributed by atoms with van der Waals surface area (Å²) >= 11 is 0. The maximum Gasteiger partial charge on any atom is 0.138 e. The van der Waals surface area contributed by atoms with Crippen LogP contribution >= 0.6 is 0 Å². The number of hydrogen-bond acceptors (Lipinski definition) is 1. The zero-order chi connectivity index (χ0) is 39.6. The molecule has 3 heteroatoms. The smallest absolute Gasteiger partial charge is 0.138 e. The lowest BCUT2D eigenvalue weighted by molar-refractivity contribution is 1.09. The van der Waals surface area contributed by atoms with Crippen molar-refractivity contribution in [2.45, 2.75) is 0 Å². The number of para-hydroxylation sites is 2. The average molecular weight is 764 g/mol. The van der Waals surface area contributed by atoms with Crippen molar-refractivity contribution in [1.82, 2.24) is 14.1 Å². The molecule has 12 aromatic rings. The van der Waals surface area contributed by atoms with Crippen LogP contribution in [0.1, 0.15) is 0 Å². The van der Waals surface area contributed by atoms with Crippen molar-refractivity contribution >= 4 is 54.4 Å². The molecule has 0 bridgehead atoms. The highest BCUT2D eigenvalue weighted by molar-refractivity contribution is 6.22. The van der Waals surface area contributed by atoms with Gasteiger partial charge in [0, 0.05) is 38.4 Å². The summed E-state index contributed by atoms with van der Waals surface area (Å²) in [5, 5.41) is 7.26. The Bertz CT molecular complexity index is 3500. The van der Waals surface area contributed by atoms with E-state index < -0.39 is 0 Å². The molecule has 0 aliphatic carbocycles. The van der Waals surface area contributed by atoms with Gasteiger partial charge in [0.25, 0.3) is 0 Å². The van der Waals surface area contributed by atoms with Gasteiger partial charge in [-0.2, -0.15) is 0 Å². The summed E-state index contributed by atoms with van der Waals surface area (Å²) < 4.78 is 4.82. The monoisotopic (exact) mass is 763 g/mol. The number of fused-ring (bicyclic) bond motifs is 7. The van der Waals surface area contributed by atoms with Gasteiger partial charge in [0.2, 0.25) is 0 Å². The van der Waals surface area contributed by atoms with Crippen molar-refractivity contribution in [3.05, 3.63) is 224 Å². The summed E-state index contributed by atoms with van der Waals surface area (Å²) in [6.45, 7) is 0. The molecule has 0 saturated heterocycles. The molecule has 0 N–H and O–H groups in total. The van der Waals surface area contributed by atoms with Crippen molar-refractivity contribution in [3.8, 4) is 56.1 Å². The third-order valence-corrected chi connectivity index (χ3v) is 12.1. The number of rotatable bonds is 6. The number of nitrogens with zero attached hydrogens (tertiary/aromatic N) is 3. The van der Waals surface area contributed by atoms with Gasteiger partial charge in [0.15, 0.2) is 0 Å². The molecule has 0 fully saturated rings. The minimum Gasteiger partial charge on any atom is -0.309 e. The lowest BCUT2D eigenvalue weighted by Gasteiger charge is -2.16. The average Bonchev–Trinajstić information content (AvgIpc) is 3.84. The molecule has 0 aliphatic heterocycles. The third-order valence-electron chi connectivity index (χ3n) is 12.1. The standard InChI is InChI=1S/C57H37N3/c1-4-16-38(17-5-1)40-28-31-45(32-29-40)59-52-26-14-12-24-47(52)49-35-43(30-33-54(49)59)56-46-23-11-10-22-42(46)34-50-48-25-13-15-27-53(48)60(57(50)56)55-37-44(39-18-6-2-7-19-39)36-51(58-55)41-20-8-3-9-21-41/h1-37H. The SMILES string of the molecule is c1ccc(-c2ccc(-n3c4ccccc4c4cc(-c5c6ccccc6cc6c7ccccc7n(-c7cc(-c8ccccc8)cc(-c8ccccc8)n7)c56)ccc43)cc2)cc1. The Morgan fingerprint density at radius 2 is 0.817 bits per heavy atom. The van der Waals surface area contributed by atoms with E-state index in [-0.39, 0.29) is 0 Å². The van der Waals surface area contributed by atoms with Crippen LogP contribution in [-0.4, -0.2) is 14.1 Å². The second kappa shape index (κ2) is 13.8. The second-order valence-corrected chi connectivity index (χ2v) is 15.6. The van der Waals surface area contributed by atoms with Gasteiger partial charge in [-0.1, -0.05) is 170 Å². The molecule has 0 atom stereocenters. The summed E-state index contributed by atoms with van der Waals surface area (Å²) in [5.74, 6) is 0.884. The molecule has 60 heavy (non-hydrogen) atoms. The Balaban J connectivity index is 1.14. The molecule has 0 amide bonds. The van der Waals surface area contributed by atoms with Gasteiger partial charge in [-0.3, -0.25) is 4.57 Å². The lowest BCUT2D eigenvalue weighted by atomic mass is 9.94. The van der Waals surface area contributed by atoms with Crippen molar-refractivity contribution in [3.63, 3.8) is 0 Å². The van der Waals surface area contributed by atoms with E-state index in [2.05, 4.69) is 234 Å². The van der Waals surface area contributed by atoms with Crippen LogP contribution < -0.4 is 0 Å². The first kappa shape index (κ1) is 34.1. The fourth-order valence-electron chi connectivity index (χ4n) is 9.35. The fourth-order valence-corrected chi connectivity index (χ4v) is 9.35. The summed E-state index contributed by atoms with van der Waals surface area (Å²) in [4.78, 5) is 5.50. The molecule has 3 heterocycles. The quantitative estimate of drug-likeness (QED) is 0.165. The fraction of sp³-hybridized carbons (Fsp3) is 0. The third kappa shape index (κ3) is 5.48. The second-order valence-electron chi connectivity index (χ2n) is 15.6. The van der Waals surface area contributed by atoms with Crippen LogP contribution in [0.5, 0.6) is 0 Å². The molecule has 0 aliphatic rings. The molecule has 9 aromatic carbocycles. The van der Waals surface area contributed by atoms with Gasteiger partial charge in [-0.05, 0) is 93.2 Å². The van der Waals surface area contributed by atoms with Gasteiger partial charge >= 0.3 is 0 Å². The molecule has 12 rings (SSSR count). The Morgan fingerprint density at radius 3 is 1.52 bits per heavy atom. The normalized spacial score (nSPS) is 11.7. The Labute approximate surface area is 347 Å². The first-order valence-corrected chi connectivity index (χ1v) is 20.5. The van der Waals surface area contributed by atoms with E-state index >= 15 is 0 Å². The molecule has 0 unspecified atom stereocenters. The van der Waals surface area contributed by atoms with Gasteiger partial charge < -0.3 is 4.57 Å². The topological polar surface area (TPSA) is 22.8 Å². The van der Waals surface area contributed by atoms with Crippen LogP contribution in [0.15, 0.2) is 224 Å². The van der Waals surface area contributed by atoms with Crippen LogP contribution in [0.3, 0.4) is 0 Å². The first-order chi connectivity index (χ1) is 29.8. The van der Waals surface area contributed by atoms with E-state index in [0.29, 0.717) is 0 Å². The molecular weight excluding hydrogens is 727 g/mol. The van der Waals surface area contributed by atoms with Crippen molar-refractivity contribution < 1.29 is 0 Å². The van der Waals surface area contributed by atoms with Crippen LogP contribution in [-0.2, 0) is 0 Å². The molecular formula is C57H37N3. The van der Waals surface area contributed by atoms with E-state index in [1.165, 1.54) is 60.0 Å². The summed E-state index contributed by atoms with van der Waals surface area (Å²) in [5.41, 5.74) is 14.8. The van der Waals surface area contributed by atoms with E-state index in [1.54, 1.807) is 0 Å². The van der Waals surface area contributed by atoms with Crippen molar-refractivity contribution in [2.24, 2.45) is 0 Å². The summed E-state index contributed by atoms with van der Waals surface area (Å²) in [6.07, 6.45) is 0. The molecule has 3 nitrogen and oxygen atoms in total. The minimum absolute atomic E-state index is 0.884. The van der Waals surface area contributed by atoms with Gasteiger partial charge in [-0.15, -0.1) is 0 Å². The van der Waals surface area contributed by atoms with E-state index in [1.807, 2.05) is 0 Å². The van der Waals surface area contributed by atoms with E-state index in [4.69, 9.17) is 4.98 Å².